The monoisotopic (exact) mass is 272 g/mol. The van der Waals surface area contributed by atoms with Gasteiger partial charge in [0.2, 0.25) is 0 Å². The second-order valence-electron chi connectivity index (χ2n) is 5.11. The van der Waals surface area contributed by atoms with Gasteiger partial charge < -0.3 is 4.74 Å². The zero-order valence-corrected chi connectivity index (χ0v) is 11.2. The second kappa shape index (κ2) is 5.91. The highest BCUT2D eigenvalue weighted by molar-refractivity contribution is 7.80. The Morgan fingerprint density at radius 2 is 1.67 bits per heavy atom. The third kappa shape index (κ3) is 3.37. The number of ether oxygens (including phenoxy) is 1. The van der Waals surface area contributed by atoms with Gasteiger partial charge in [-0.15, -0.1) is 0 Å². The van der Waals surface area contributed by atoms with Crippen molar-refractivity contribution < 1.29 is 13.5 Å². The lowest BCUT2D eigenvalue weighted by Crippen LogP contribution is -2.33. The molecule has 0 heterocycles. The molecule has 0 unspecified atom stereocenters. The molecule has 1 nitrogen and oxygen atoms in total. The van der Waals surface area contributed by atoms with E-state index < -0.39 is 11.6 Å². The number of halogens is 2. The number of hydrogen-bond acceptors (Lipinski definition) is 2. The summed E-state index contributed by atoms with van der Waals surface area (Å²) in [5.41, 5.74) is 0.0597. The lowest BCUT2D eigenvalue weighted by atomic mass is 9.76. The summed E-state index contributed by atoms with van der Waals surface area (Å²) in [6, 6.07) is 3.29. The average molecular weight is 272 g/mol. The Morgan fingerprint density at radius 3 is 2.22 bits per heavy atom. The van der Waals surface area contributed by atoms with Crippen LogP contribution in [-0.4, -0.2) is 12.4 Å². The van der Waals surface area contributed by atoms with Crippen LogP contribution in [0.25, 0.3) is 0 Å². The molecule has 2 rings (SSSR count). The van der Waals surface area contributed by atoms with Gasteiger partial charge in [-0.25, -0.2) is 8.78 Å². The molecule has 0 bridgehead atoms. The molecule has 0 radical (unpaired) electrons. The van der Waals surface area contributed by atoms with E-state index >= 15 is 0 Å². The van der Waals surface area contributed by atoms with Crippen molar-refractivity contribution in [3.05, 3.63) is 29.8 Å². The molecule has 1 aromatic rings. The van der Waals surface area contributed by atoms with Crippen molar-refractivity contribution >= 4 is 12.6 Å². The van der Waals surface area contributed by atoms with Gasteiger partial charge >= 0.3 is 0 Å². The molecule has 0 spiro atoms. The molecule has 1 aliphatic rings. The minimum atomic E-state index is -0.603. The molecule has 4 heteroatoms. The third-order valence-corrected chi connectivity index (χ3v) is 4.30. The first-order valence-corrected chi connectivity index (χ1v) is 6.97. The zero-order chi connectivity index (χ0) is 13.0. The Morgan fingerprint density at radius 1 is 1.06 bits per heavy atom. The lowest BCUT2D eigenvalue weighted by Gasteiger charge is -2.35. The van der Waals surface area contributed by atoms with E-state index in [2.05, 4.69) is 12.6 Å². The van der Waals surface area contributed by atoms with Crippen molar-refractivity contribution in [1.82, 2.24) is 0 Å². The maximum Gasteiger partial charge on any atom is 0.129 e. The molecule has 1 aliphatic carbocycles. The molecule has 1 fully saturated rings. The minimum Gasteiger partial charge on any atom is -0.493 e. The molecular formula is C14H18F2OS. The number of thiol groups is 1. The Kier molecular flexibility index (Phi) is 4.49. The fourth-order valence-electron chi connectivity index (χ4n) is 2.50. The Hall–Kier alpha value is -0.770. The topological polar surface area (TPSA) is 9.23 Å². The van der Waals surface area contributed by atoms with E-state index in [-0.39, 0.29) is 11.2 Å². The zero-order valence-electron chi connectivity index (χ0n) is 10.3. The van der Waals surface area contributed by atoms with Gasteiger partial charge in [-0.05, 0) is 18.6 Å². The van der Waals surface area contributed by atoms with Gasteiger partial charge in [0, 0.05) is 23.6 Å². The van der Waals surface area contributed by atoms with E-state index in [0.29, 0.717) is 6.61 Å². The maximum atomic E-state index is 13.0. The van der Waals surface area contributed by atoms with E-state index in [9.17, 15) is 8.78 Å². The fraction of sp³-hybridized carbons (Fsp3) is 0.571. The normalized spacial score (nSPS) is 18.6. The molecule has 0 N–H and O–H groups in total. The summed E-state index contributed by atoms with van der Waals surface area (Å²) in [7, 11) is 0. The van der Waals surface area contributed by atoms with Crippen LogP contribution in [0.5, 0.6) is 5.75 Å². The van der Waals surface area contributed by atoms with Gasteiger partial charge in [-0.2, -0.15) is 12.6 Å². The molecule has 0 atom stereocenters. The van der Waals surface area contributed by atoms with Gasteiger partial charge in [0.05, 0.1) is 6.61 Å². The van der Waals surface area contributed by atoms with Crippen LogP contribution in [0.2, 0.25) is 0 Å². The summed E-state index contributed by atoms with van der Waals surface area (Å²) < 4.78 is 31.6. The summed E-state index contributed by atoms with van der Waals surface area (Å²) in [4.78, 5) is 0. The number of benzene rings is 1. The smallest absolute Gasteiger partial charge is 0.129 e. The quantitative estimate of drug-likeness (QED) is 0.807. The van der Waals surface area contributed by atoms with E-state index in [4.69, 9.17) is 4.74 Å². The highest BCUT2D eigenvalue weighted by atomic mass is 32.1. The first-order valence-electron chi connectivity index (χ1n) is 6.33. The van der Waals surface area contributed by atoms with Crippen LogP contribution in [-0.2, 0) is 0 Å². The summed E-state index contributed by atoms with van der Waals surface area (Å²) in [5, 5.41) is 0. The van der Waals surface area contributed by atoms with E-state index in [1.165, 1.54) is 31.4 Å². The van der Waals surface area contributed by atoms with Gasteiger partial charge in [0.1, 0.15) is 17.4 Å². The van der Waals surface area contributed by atoms with Crippen LogP contribution in [0.15, 0.2) is 18.2 Å². The summed E-state index contributed by atoms with van der Waals surface area (Å²) in [6.45, 7) is 0.486. The van der Waals surface area contributed by atoms with Gasteiger partial charge in [0.25, 0.3) is 0 Å². The molecule has 100 valence electrons. The molecule has 1 aromatic carbocycles. The van der Waals surface area contributed by atoms with E-state index in [1.807, 2.05) is 0 Å². The average Bonchev–Trinajstić information content (AvgIpc) is 2.36. The first kappa shape index (κ1) is 13.7. The predicted octanol–water partition coefficient (Wildman–Crippen LogP) is 4.22. The Bertz CT molecular complexity index is 383. The lowest BCUT2D eigenvalue weighted by molar-refractivity contribution is 0.120. The summed E-state index contributed by atoms with van der Waals surface area (Å²) in [5.74, 6) is -0.188. The Balaban J connectivity index is 2.00. The van der Waals surface area contributed by atoms with Crippen LogP contribution in [0, 0.1) is 17.0 Å². The van der Waals surface area contributed by atoms with Crippen molar-refractivity contribution in [1.29, 1.82) is 0 Å². The highest BCUT2D eigenvalue weighted by Crippen LogP contribution is 2.37. The summed E-state index contributed by atoms with van der Waals surface area (Å²) >= 11 is 4.41. The fourth-order valence-corrected chi connectivity index (χ4v) is 2.91. The molecule has 0 aromatic heterocycles. The largest absolute Gasteiger partial charge is 0.493 e. The van der Waals surface area contributed by atoms with Crippen molar-refractivity contribution in [3.63, 3.8) is 0 Å². The van der Waals surface area contributed by atoms with E-state index in [1.54, 1.807) is 0 Å². The Labute approximate surface area is 112 Å². The molecule has 18 heavy (non-hydrogen) atoms. The van der Waals surface area contributed by atoms with Crippen molar-refractivity contribution in [2.75, 3.05) is 12.4 Å². The first-order chi connectivity index (χ1) is 8.63. The van der Waals surface area contributed by atoms with Crippen LogP contribution in [0.1, 0.15) is 32.1 Å². The van der Waals surface area contributed by atoms with Gasteiger partial charge in [0.15, 0.2) is 0 Å². The van der Waals surface area contributed by atoms with Crippen molar-refractivity contribution in [2.45, 2.75) is 32.1 Å². The second-order valence-corrected chi connectivity index (χ2v) is 5.43. The number of hydrogen-bond donors (Lipinski definition) is 1. The van der Waals surface area contributed by atoms with Crippen molar-refractivity contribution in [3.8, 4) is 5.75 Å². The van der Waals surface area contributed by atoms with Crippen LogP contribution in [0.4, 0.5) is 8.78 Å². The van der Waals surface area contributed by atoms with E-state index in [0.717, 1.165) is 24.7 Å². The standard InChI is InChI=1S/C14H18F2OS/c15-11-6-12(16)8-13(7-11)17-9-14(10-18)4-2-1-3-5-14/h6-8,18H,1-5,9-10H2. The minimum absolute atomic E-state index is 0.0597. The van der Waals surface area contributed by atoms with Crippen molar-refractivity contribution in [2.24, 2.45) is 5.41 Å². The molecule has 0 aliphatic heterocycles. The SMILES string of the molecule is Fc1cc(F)cc(OCC2(CS)CCCCC2)c1. The molecule has 0 amide bonds. The molecule has 1 saturated carbocycles. The summed E-state index contributed by atoms with van der Waals surface area (Å²) in [6.07, 6.45) is 5.77. The maximum absolute atomic E-state index is 13.0. The highest BCUT2D eigenvalue weighted by Gasteiger charge is 2.31. The predicted molar refractivity (Wildman–Crippen MR) is 71.2 cm³/mol. The van der Waals surface area contributed by atoms with Gasteiger partial charge in [-0.1, -0.05) is 19.3 Å². The van der Waals surface area contributed by atoms with Gasteiger partial charge in [-0.3, -0.25) is 0 Å². The molecule has 0 saturated heterocycles. The molecular weight excluding hydrogens is 254 g/mol. The number of rotatable bonds is 4. The third-order valence-electron chi connectivity index (χ3n) is 3.63. The van der Waals surface area contributed by atoms with Crippen LogP contribution >= 0.6 is 12.6 Å². The van der Waals surface area contributed by atoms with Crippen LogP contribution < -0.4 is 4.74 Å². The van der Waals surface area contributed by atoms with Crippen LogP contribution in [0.3, 0.4) is 0 Å².